The molecule has 2 N–H and O–H groups in total. The van der Waals surface area contributed by atoms with Gasteiger partial charge in [0.05, 0.1) is 12.4 Å². The van der Waals surface area contributed by atoms with E-state index < -0.39 is 10.0 Å². The topological polar surface area (TPSA) is 66.4 Å². The summed E-state index contributed by atoms with van der Waals surface area (Å²) in [5, 5.41) is 10.6. The van der Waals surface area contributed by atoms with Crippen molar-refractivity contribution in [3.8, 4) is 11.8 Å². The van der Waals surface area contributed by atoms with Crippen molar-refractivity contribution in [2.45, 2.75) is 33.7 Å². The average Bonchev–Trinajstić information content (AvgIpc) is 2.71. The molecule has 0 bridgehead atoms. The fourth-order valence-corrected chi connectivity index (χ4v) is 4.07. The molecule has 1 rings (SSSR count). The minimum atomic E-state index is -3.29. The van der Waals surface area contributed by atoms with Crippen LogP contribution in [0.15, 0.2) is 11.4 Å². The normalized spacial score (nSPS) is 12.0. The first-order chi connectivity index (χ1) is 9.23. The molecule has 0 radical (unpaired) electrons. The minimum Gasteiger partial charge on any atom is -0.395 e. The van der Waals surface area contributed by atoms with E-state index in [-0.39, 0.29) is 24.3 Å². The second kappa shape index (κ2) is 7.23. The van der Waals surface area contributed by atoms with Crippen LogP contribution in [0.2, 0.25) is 0 Å². The molecular weight excluding hydrogens is 294 g/mol. The second-order valence-electron chi connectivity index (χ2n) is 5.67. The highest BCUT2D eigenvalue weighted by Crippen LogP contribution is 2.18. The molecule has 0 saturated carbocycles. The summed E-state index contributed by atoms with van der Waals surface area (Å²) < 4.78 is 26.5. The number of hydrogen-bond donors (Lipinski definition) is 2. The van der Waals surface area contributed by atoms with Crippen LogP contribution in [0.3, 0.4) is 0 Å². The molecule has 112 valence electrons. The average molecular weight is 315 g/mol. The number of hydrogen-bond acceptors (Lipinski definition) is 4. The van der Waals surface area contributed by atoms with E-state index in [1.54, 1.807) is 0 Å². The molecule has 0 amide bonds. The van der Waals surface area contributed by atoms with E-state index in [1.807, 2.05) is 32.2 Å². The Morgan fingerprint density at radius 2 is 2.10 bits per heavy atom. The van der Waals surface area contributed by atoms with Gasteiger partial charge in [0.1, 0.15) is 0 Å². The molecule has 0 fully saturated rings. The molecule has 1 heterocycles. The Morgan fingerprint density at radius 1 is 1.40 bits per heavy atom. The zero-order chi connectivity index (χ0) is 15.2. The lowest BCUT2D eigenvalue weighted by molar-refractivity contribution is 0.305. The van der Waals surface area contributed by atoms with Crippen molar-refractivity contribution in [2.24, 2.45) is 5.41 Å². The third kappa shape index (κ3) is 6.53. The van der Waals surface area contributed by atoms with E-state index in [0.717, 1.165) is 10.4 Å². The first-order valence-electron chi connectivity index (χ1n) is 6.37. The van der Waals surface area contributed by atoms with Gasteiger partial charge >= 0.3 is 0 Å². The zero-order valence-electron chi connectivity index (χ0n) is 12.1. The van der Waals surface area contributed by atoms with Crippen molar-refractivity contribution in [1.82, 2.24) is 4.72 Å². The van der Waals surface area contributed by atoms with Gasteiger partial charge in [0, 0.05) is 23.4 Å². The van der Waals surface area contributed by atoms with Crippen molar-refractivity contribution < 1.29 is 13.5 Å². The van der Waals surface area contributed by atoms with E-state index in [4.69, 9.17) is 5.11 Å². The molecule has 0 aromatic carbocycles. The molecule has 0 atom stereocenters. The molecule has 6 heteroatoms. The first-order valence-corrected chi connectivity index (χ1v) is 8.90. The number of aliphatic hydroxyl groups is 1. The Balaban J connectivity index is 2.68. The maximum atomic E-state index is 11.9. The van der Waals surface area contributed by atoms with Gasteiger partial charge in [-0.1, -0.05) is 32.6 Å². The summed E-state index contributed by atoms with van der Waals surface area (Å²) in [5.74, 6) is 5.88. The standard InChI is InChI=1S/C14H21NO3S2/c1-14(2,3)11-20(17,18)15-10-13-12(7-9-19-13)6-4-5-8-16/h7,9,15-16H,5,8,10-11H2,1-3H3. The summed E-state index contributed by atoms with van der Waals surface area (Å²) in [5.41, 5.74) is 0.548. The maximum absolute atomic E-state index is 11.9. The summed E-state index contributed by atoms with van der Waals surface area (Å²) in [6, 6.07) is 1.86. The number of aliphatic hydroxyl groups excluding tert-OH is 1. The third-order valence-corrected chi connectivity index (χ3v) is 5.03. The quantitative estimate of drug-likeness (QED) is 0.816. The molecule has 0 spiro atoms. The molecule has 1 aromatic heterocycles. The fraction of sp³-hybridized carbons (Fsp3) is 0.571. The lowest BCUT2D eigenvalue weighted by Crippen LogP contribution is -2.31. The second-order valence-corrected chi connectivity index (χ2v) is 8.48. The van der Waals surface area contributed by atoms with Gasteiger partial charge in [0.2, 0.25) is 10.0 Å². The Morgan fingerprint density at radius 3 is 2.70 bits per heavy atom. The highest BCUT2D eigenvalue weighted by atomic mass is 32.2. The lowest BCUT2D eigenvalue weighted by atomic mass is 10.0. The maximum Gasteiger partial charge on any atom is 0.212 e. The van der Waals surface area contributed by atoms with Crippen LogP contribution in [0.25, 0.3) is 0 Å². The predicted molar refractivity (Wildman–Crippen MR) is 83.0 cm³/mol. The Bertz CT molecular complexity index is 586. The van der Waals surface area contributed by atoms with E-state index in [2.05, 4.69) is 16.6 Å². The van der Waals surface area contributed by atoms with Gasteiger partial charge in [-0.05, 0) is 16.9 Å². The Kier molecular flexibility index (Phi) is 6.21. The van der Waals surface area contributed by atoms with Gasteiger partial charge in [-0.25, -0.2) is 13.1 Å². The van der Waals surface area contributed by atoms with Crippen LogP contribution >= 0.6 is 11.3 Å². The van der Waals surface area contributed by atoms with E-state index in [1.165, 1.54) is 11.3 Å². The molecule has 1 aromatic rings. The fourth-order valence-electron chi connectivity index (χ4n) is 1.60. The Labute approximate surface area is 125 Å². The largest absolute Gasteiger partial charge is 0.395 e. The molecule has 0 aliphatic heterocycles. The van der Waals surface area contributed by atoms with E-state index in [0.29, 0.717) is 6.42 Å². The van der Waals surface area contributed by atoms with Gasteiger partial charge in [-0.3, -0.25) is 0 Å². The van der Waals surface area contributed by atoms with Crippen molar-refractivity contribution >= 4 is 21.4 Å². The molecule has 0 saturated heterocycles. The molecule has 0 unspecified atom stereocenters. The van der Waals surface area contributed by atoms with Gasteiger partial charge in [-0.15, -0.1) is 11.3 Å². The summed E-state index contributed by atoms with van der Waals surface area (Å²) in [6.07, 6.45) is 0.422. The highest BCUT2D eigenvalue weighted by Gasteiger charge is 2.21. The van der Waals surface area contributed by atoms with Crippen molar-refractivity contribution in [2.75, 3.05) is 12.4 Å². The molecule has 20 heavy (non-hydrogen) atoms. The van der Waals surface area contributed by atoms with Crippen LogP contribution < -0.4 is 4.72 Å². The summed E-state index contributed by atoms with van der Waals surface area (Å²) in [6.45, 7) is 5.97. The van der Waals surface area contributed by atoms with Gasteiger partial charge in [0.15, 0.2) is 0 Å². The van der Waals surface area contributed by atoms with Gasteiger partial charge in [-0.2, -0.15) is 0 Å². The van der Waals surface area contributed by atoms with Crippen LogP contribution in [0.4, 0.5) is 0 Å². The van der Waals surface area contributed by atoms with Crippen LogP contribution in [0.5, 0.6) is 0 Å². The van der Waals surface area contributed by atoms with Crippen LogP contribution in [0.1, 0.15) is 37.6 Å². The lowest BCUT2D eigenvalue weighted by Gasteiger charge is -2.18. The first kappa shape index (κ1) is 17.2. The minimum absolute atomic E-state index is 0.0324. The molecule has 4 nitrogen and oxygen atoms in total. The zero-order valence-corrected chi connectivity index (χ0v) is 13.7. The van der Waals surface area contributed by atoms with Crippen molar-refractivity contribution in [3.05, 3.63) is 21.9 Å². The smallest absolute Gasteiger partial charge is 0.212 e. The van der Waals surface area contributed by atoms with E-state index >= 15 is 0 Å². The molecular formula is C14H21NO3S2. The molecule has 0 aliphatic rings. The molecule has 0 aliphatic carbocycles. The summed E-state index contributed by atoms with van der Waals surface area (Å²) >= 11 is 1.47. The van der Waals surface area contributed by atoms with Crippen LogP contribution in [-0.4, -0.2) is 25.9 Å². The Hall–Kier alpha value is -0.870. The van der Waals surface area contributed by atoms with Gasteiger partial charge < -0.3 is 5.11 Å². The number of rotatable bonds is 5. The van der Waals surface area contributed by atoms with Crippen molar-refractivity contribution in [1.29, 1.82) is 0 Å². The van der Waals surface area contributed by atoms with Crippen LogP contribution in [-0.2, 0) is 16.6 Å². The third-order valence-electron chi connectivity index (χ3n) is 2.28. The number of sulfonamides is 1. The number of nitrogens with one attached hydrogen (secondary N) is 1. The summed E-state index contributed by atoms with van der Waals surface area (Å²) in [4.78, 5) is 0.896. The van der Waals surface area contributed by atoms with Gasteiger partial charge in [0.25, 0.3) is 0 Å². The summed E-state index contributed by atoms with van der Waals surface area (Å²) in [7, 11) is -3.29. The van der Waals surface area contributed by atoms with Crippen LogP contribution in [0, 0.1) is 17.3 Å². The monoisotopic (exact) mass is 315 g/mol. The SMILES string of the molecule is CC(C)(C)CS(=O)(=O)NCc1sccc1C#CCCO. The predicted octanol–water partition coefficient (Wildman–Crippen LogP) is 1.95. The highest BCUT2D eigenvalue weighted by molar-refractivity contribution is 7.89. The number of thiophene rings is 1. The van der Waals surface area contributed by atoms with Crippen molar-refractivity contribution in [3.63, 3.8) is 0 Å². The van der Waals surface area contributed by atoms with E-state index in [9.17, 15) is 8.42 Å².